The fraction of sp³-hybridized carbons (Fsp3) is 0.125. The Morgan fingerprint density at radius 2 is 0.875 bits per heavy atom. The van der Waals surface area contributed by atoms with Gasteiger partial charge in [0.25, 0.3) is 6.71 Å². The maximum Gasteiger partial charge on any atom is 0.264 e. The Labute approximate surface area is 437 Å². The van der Waals surface area contributed by atoms with Crippen molar-refractivity contribution in [1.82, 2.24) is 0 Å². The molecule has 0 aliphatic carbocycles. The van der Waals surface area contributed by atoms with Gasteiger partial charge in [0.1, 0.15) is 0 Å². The van der Waals surface area contributed by atoms with Gasteiger partial charge in [-0.1, -0.05) is 126 Å². The number of hydrogen-bond acceptors (Lipinski definition) is 7. The van der Waals surface area contributed by atoms with E-state index in [2.05, 4.69) is 215 Å². The Balaban J connectivity index is 0.949. The van der Waals surface area contributed by atoms with E-state index in [0.717, 1.165) is 0 Å². The lowest BCUT2D eigenvalue weighted by molar-refractivity contribution is 0.590. The van der Waals surface area contributed by atoms with Gasteiger partial charge < -0.3 is 9.80 Å². The van der Waals surface area contributed by atoms with E-state index >= 15 is 0 Å². The minimum Gasteiger partial charge on any atom is -0.311 e. The van der Waals surface area contributed by atoms with Crippen molar-refractivity contribution < 1.29 is 0 Å². The minimum atomic E-state index is -0.0304. The van der Waals surface area contributed by atoms with E-state index in [1.807, 2.05) is 56.7 Å². The lowest BCUT2D eigenvalue weighted by Gasteiger charge is -2.43. The van der Waals surface area contributed by atoms with Gasteiger partial charge in [-0.05, 0) is 112 Å². The van der Waals surface area contributed by atoms with Crippen LogP contribution in [0.25, 0.3) is 90.8 Å². The molecule has 0 atom stereocenters. The van der Waals surface area contributed by atoms with E-state index in [4.69, 9.17) is 0 Å². The highest BCUT2D eigenvalue weighted by Crippen LogP contribution is 2.52. The predicted octanol–water partition coefficient (Wildman–Crippen LogP) is 19.1. The molecule has 0 radical (unpaired) electrons. The number of fused-ring (bicyclic) bond motifs is 20. The zero-order valence-corrected chi connectivity index (χ0v) is 44.7. The van der Waals surface area contributed by atoms with Crippen molar-refractivity contribution in [3.05, 3.63) is 175 Å². The number of hydrogen-bond donors (Lipinski definition) is 0. The summed E-state index contributed by atoms with van der Waals surface area (Å²) in [6.45, 7) is 14.1. The first-order valence-electron chi connectivity index (χ1n) is 24.9. The van der Waals surface area contributed by atoms with Crippen molar-refractivity contribution in [3.63, 3.8) is 0 Å². The van der Waals surface area contributed by atoms with E-state index in [9.17, 15) is 0 Å². The number of anilines is 6. The van der Waals surface area contributed by atoms with Gasteiger partial charge in [-0.3, -0.25) is 0 Å². The van der Waals surface area contributed by atoms with Crippen LogP contribution in [0.4, 0.5) is 34.1 Å². The van der Waals surface area contributed by atoms with Crippen LogP contribution in [0.2, 0.25) is 0 Å². The Kier molecular flexibility index (Phi) is 8.52. The molecular formula is C64H45BN2S5. The third kappa shape index (κ3) is 5.76. The van der Waals surface area contributed by atoms with Crippen LogP contribution in [-0.4, -0.2) is 6.71 Å². The number of nitrogens with zero attached hydrogens (tertiary/aromatic N) is 2. The Hall–Kier alpha value is -6.52. The van der Waals surface area contributed by atoms with E-state index in [1.165, 1.54) is 152 Å². The van der Waals surface area contributed by atoms with E-state index in [0.29, 0.717) is 0 Å². The molecule has 2 nitrogen and oxygen atoms in total. The van der Waals surface area contributed by atoms with Crippen LogP contribution in [0, 0.1) is 0 Å². The normalized spacial score (nSPS) is 13.9. The van der Waals surface area contributed by atoms with Crippen LogP contribution in [0.15, 0.2) is 164 Å². The van der Waals surface area contributed by atoms with Crippen LogP contribution < -0.4 is 25.5 Å². The molecular weight excluding hydrogens is 968 g/mol. The van der Waals surface area contributed by atoms with E-state index in [-0.39, 0.29) is 17.5 Å². The van der Waals surface area contributed by atoms with Crippen molar-refractivity contribution in [2.45, 2.75) is 52.4 Å². The molecule has 14 aromatic rings. The molecule has 344 valence electrons. The van der Waals surface area contributed by atoms with E-state index < -0.39 is 0 Å². The predicted molar refractivity (Wildman–Crippen MR) is 325 cm³/mol. The summed E-state index contributed by atoms with van der Waals surface area (Å²) in [5, 5.41) is 12.2. The molecule has 0 unspecified atom stereocenters. The maximum atomic E-state index is 2.65. The van der Waals surface area contributed by atoms with Gasteiger partial charge in [0, 0.05) is 124 Å². The first-order valence-corrected chi connectivity index (χ1v) is 29.0. The lowest BCUT2D eigenvalue weighted by Crippen LogP contribution is -2.60. The highest BCUT2D eigenvalue weighted by Gasteiger charge is 2.45. The molecule has 7 heterocycles. The summed E-state index contributed by atoms with van der Waals surface area (Å²) in [5.74, 6) is 0. The van der Waals surface area contributed by atoms with Gasteiger partial charge in [0.15, 0.2) is 0 Å². The molecule has 5 aromatic heterocycles. The van der Waals surface area contributed by atoms with Crippen LogP contribution in [0.5, 0.6) is 0 Å². The third-order valence-corrected chi connectivity index (χ3v) is 21.6. The van der Waals surface area contributed by atoms with Gasteiger partial charge in [0.2, 0.25) is 0 Å². The molecule has 0 saturated carbocycles. The molecule has 0 spiro atoms. The zero-order valence-electron chi connectivity index (χ0n) is 40.6. The first kappa shape index (κ1) is 42.0. The van der Waals surface area contributed by atoms with Crippen molar-refractivity contribution in [1.29, 1.82) is 0 Å². The monoisotopic (exact) mass is 1010 g/mol. The zero-order chi connectivity index (χ0) is 48.1. The molecule has 72 heavy (non-hydrogen) atoms. The Morgan fingerprint density at radius 1 is 0.361 bits per heavy atom. The summed E-state index contributed by atoms with van der Waals surface area (Å²) in [6.07, 6.45) is 0. The summed E-state index contributed by atoms with van der Waals surface area (Å²) in [4.78, 5) is 5.26. The van der Waals surface area contributed by atoms with Crippen LogP contribution in [0.3, 0.4) is 0 Å². The summed E-state index contributed by atoms with van der Waals surface area (Å²) >= 11 is 9.71. The molecule has 0 fully saturated rings. The second kappa shape index (κ2) is 14.6. The SMILES string of the molecule is CC(C)(C)c1ccc2c(c1)N(c1ccc3c(c1)sc1ccc4c5ccccc5sc4c13)c1cccc3c1B2c1sc2ccc(C(C)(C)C)cc2c1N3c1ccc2c(c1)sc1ccc3c4ccccc4sc3c12. The van der Waals surface area contributed by atoms with Crippen molar-refractivity contribution in [2.24, 2.45) is 0 Å². The number of thiophene rings is 5. The van der Waals surface area contributed by atoms with Crippen molar-refractivity contribution in [3.8, 4) is 0 Å². The average Bonchev–Trinajstić information content (AvgIpc) is 4.20. The summed E-state index contributed by atoms with van der Waals surface area (Å²) in [6, 6.07) is 63.6. The van der Waals surface area contributed by atoms with Crippen LogP contribution in [0.1, 0.15) is 52.7 Å². The van der Waals surface area contributed by atoms with Crippen LogP contribution >= 0.6 is 56.7 Å². The average molecular weight is 1010 g/mol. The number of benzene rings is 9. The van der Waals surface area contributed by atoms with Gasteiger partial charge in [0.05, 0.1) is 5.69 Å². The quantitative estimate of drug-likeness (QED) is 0.159. The molecule has 9 aromatic carbocycles. The fourth-order valence-corrected chi connectivity index (χ4v) is 18.5. The minimum absolute atomic E-state index is 0.00217. The molecule has 16 rings (SSSR count). The summed E-state index contributed by atoms with van der Waals surface area (Å²) < 4.78 is 13.6. The molecule has 0 bridgehead atoms. The second-order valence-corrected chi connectivity index (χ2v) is 27.4. The first-order chi connectivity index (χ1) is 34.9. The number of rotatable bonds is 2. The standard InChI is InChI=1S/C64H45BN2S5/c1-63(2,3)34-19-27-51-44(30-34)59-62(72-51)65-45-26-18-35(64(4,5)6)31-48(45)66(36-20-22-42-54(32-36)68-52-28-24-40-38-12-7-9-16-49(38)70-60(40)56(42)52)46-14-11-15-47(58(46)65)67(59)37-21-23-43-55(33-37)69-53-29-25-41-39-13-8-10-17-50(39)71-61(41)57(43)53/h7-33H,1-6H3. The summed E-state index contributed by atoms with van der Waals surface area (Å²) in [5.41, 5.74) is 12.9. The molecule has 0 N–H and O–H groups in total. The summed E-state index contributed by atoms with van der Waals surface area (Å²) in [7, 11) is 0. The van der Waals surface area contributed by atoms with Crippen LogP contribution in [-0.2, 0) is 10.8 Å². The van der Waals surface area contributed by atoms with Gasteiger partial charge >= 0.3 is 0 Å². The van der Waals surface area contributed by atoms with E-state index in [1.54, 1.807) is 0 Å². The smallest absolute Gasteiger partial charge is 0.264 e. The molecule has 2 aliphatic rings. The highest BCUT2D eigenvalue weighted by molar-refractivity contribution is 7.34. The largest absolute Gasteiger partial charge is 0.311 e. The molecule has 0 amide bonds. The topological polar surface area (TPSA) is 6.48 Å². The third-order valence-electron chi connectivity index (χ3n) is 15.8. The Bertz CT molecular complexity index is 4700. The maximum absolute atomic E-state index is 2.65. The second-order valence-electron chi connectivity index (χ2n) is 22.0. The van der Waals surface area contributed by atoms with Gasteiger partial charge in [-0.15, -0.1) is 56.7 Å². The highest BCUT2D eigenvalue weighted by atomic mass is 32.1. The molecule has 2 aliphatic heterocycles. The molecule has 8 heteroatoms. The van der Waals surface area contributed by atoms with Gasteiger partial charge in [-0.2, -0.15) is 0 Å². The Morgan fingerprint density at radius 3 is 1.49 bits per heavy atom. The molecule has 0 saturated heterocycles. The fourth-order valence-electron chi connectivity index (χ4n) is 12.2. The van der Waals surface area contributed by atoms with Crippen molar-refractivity contribution in [2.75, 3.05) is 9.80 Å². The van der Waals surface area contributed by atoms with Crippen molar-refractivity contribution >= 4 is 204 Å². The van der Waals surface area contributed by atoms with Gasteiger partial charge in [-0.25, -0.2) is 0 Å². The lowest BCUT2D eigenvalue weighted by atomic mass is 9.36.